The first-order valence-electron chi connectivity index (χ1n) is 7.89. The Bertz CT molecular complexity index is 928. The first-order chi connectivity index (χ1) is 13.0. The van der Waals surface area contributed by atoms with Crippen LogP contribution in [0, 0.1) is 0 Å². The van der Waals surface area contributed by atoms with Crippen molar-refractivity contribution >= 4 is 23.2 Å². The fraction of sp³-hybridized carbons (Fsp3) is 0.158. The average molecular weight is 389 g/mol. The Morgan fingerprint density at radius 1 is 1.00 bits per heavy atom. The van der Waals surface area contributed by atoms with Crippen molar-refractivity contribution in [3.8, 4) is 28.6 Å². The van der Waals surface area contributed by atoms with Gasteiger partial charge in [0.2, 0.25) is 5.75 Å². The molecule has 0 saturated heterocycles. The van der Waals surface area contributed by atoms with Gasteiger partial charge in [0.05, 0.1) is 21.3 Å². The lowest BCUT2D eigenvalue weighted by Gasteiger charge is -2.14. The van der Waals surface area contributed by atoms with Crippen molar-refractivity contribution in [2.75, 3.05) is 26.6 Å². The minimum absolute atomic E-state index is 0.133. The van der Waals surface area contributed by atoms with Crippen LogP contribution in [0.1, 0.15) is 10.5 Å². The zero-order valence-electron chi connectivity index (χ0n) is 14.9. The molecule has 3 aromatic rings. The van der Waals surface area contributed by atoms with E-state index in [1.54, 1.807) is 42.5 Å². The molecule has 7 nitrogen and oxygen atoms in total. The Kier molecular flexibility index (Phi) is 5.52. The Labute approximate surface area is 160 Å². The SMILES string of the molecule is COc1cc(NC(=O)c2cc(-c3ccc(Cl)cc3)on2)cc(OC)c1OC. The first kappa shape index (κ1) is 18.6. The maximum absolute atomic E-state index is 12.5. The van der Waals surface area contributed by atoms with Crippen LogP contribution in [0.3, 0.4) is 0 Å². The van der Waals surface area contributed by atoms with Crippen LogP contribution in [0.4, 0.5) is 5.69 Å². The molecule has 140 valence electrons. The van der Waals surface area contributed by atoms with Crippen LogP contribution in [0.2, 0.25) is 5.02 Å². The van der Waals surface area contributed by atoms with E-state index in [4.69, 9.17) is 30.3 Å². The fourth-order valence-corrected chi connectivity index (χ4v) is 2.61. The number of hydrogen-bond donors (Lipinski definition) is 1. The van der Waals surface area contributed by atoms with E-state index in [2.05, 4.69) is 10.5 Å². The Hall–Kier alpha value is -3.19. The minimum Gasteiger partial charge on any atom is -0.493 e. The van der Waals surface area contributed by atoms with Gasteiger partial charge < -0.3 is 24.1 Å². The second-order valence-electron chi connectivity index (χ2n) is 5.45. The molecule has 0 bridgehead atoms. The third kappa shape index (κ3) is 3.98. The van der Waals surface area contributed by atoms with Gasteiger partial charge in [0.25, 0.3) is 5.91 Å². The van der Waals surface area contributed by atoms with Crippen molar-refractivity contribution in [1.82, 2.24) is 5.16 Å². The molecule has 0 radical (unpaired) electrons. The molecule has 0 fully saturated rings. The van der Waals surface area contributed by atoms with Gasteiger partial charge in [0.1, 0.15) is 0 Å². The molecule has 1 amide bonds. The van der Waals surface area contributed by atoms with Crippen molar-refractivity contribution in [3.63, 3.8) is 0 Å². The summed E-state index contributed by atoms with van der Waals surface area (Å²) in [5.41, 5.74) is 1.36. The monoisotopic (exact) mass is 388 g/mol. The molecule has 1 N–H and O–H groups in total. The maximum Gasteiger partial charge on any atom is 0.277 e. The molecule has 0 aliphatic rings. The number of benzene rings is 2. The highest BCUT2D eigenvalue weighted by Crippen LogP contribution is 2.40. The number of amides is 1. The lowest BCUT2D eigenvalue weighted by atomic mass is 10.1. The van der Waals surface area contributed by atoms with Gasteiger partial charge in [-0.2, -0.15) is 0 Å². The summed E-state index contributed by atoms with van der Waals surface area (Å²) >= 11 is 5.88. The van der Waals surface area contributed by atoms with E-state index in [1.807, 2.05) is 0 Å². The molecule has 8 heteroatoms. The maximum atomic E-state index is 12.5. The molecule has 0 unspecified atom stereocenters. The fourth-order valence-electron chi connectivity index (χ4n) is 2.48. The third-order valence-electron chi connectivity index (χ3n) is 3.79. The van der Waals surface area contributed by atoms with Crippen LogP contribution in [0.5, 0.6) is 17.2 Å². The summed E-state index contributed by atoms with van der Waals surface area (Å²) < 4.78 is 21.1. The third-order valence-corrected chi connectivity index (χ3v) is 4.05. The second kappa shape index (κ2) is 8.01. The van der Waals surface area contributed by atoms with Crippen LogP contribution in [0.15, 0.2) is 47.0 Å². The smallest absolute Gasteiger partial charge is 0.277 e. The van der Waals surface area contributed by atoms with Gasteiger partial charge in [-0.1, -0.05) is 16.8 Å². The summed E-state index contributed by atoms with van der Waals surface area (Å²) in [7, 11) is 4.50. The highest BCUT2D eigenvalue weighted by molar-refractivity contribution is 6.30. The van der Waals surface area contributed by atoms with Crippen LogP contribution in [0.25, 0.3) is 11.3 Å². The molecule has 0 aliphatic carbocycles. The summed E-state index contributed by atoms with van der Waals surface area (Å²) in [5.74, 6) is 1.31. The van der Waals surface area contributed by atoms with E-state index in [0.29, 0.717) is 33.7 Å². The molecule has 0 saturated carbocycles. The molecular formula is C19H17ClN2O5. The zero-order valence-corrected chi connectivity index (χ0v) is 15.7. The van der Waals surface area contributed by atoms with Gasteiger partial charge in [-0.25, -0.2) is 0 Å². The first-order valence-corrected chi connectivity index (χ1v) is 8.27. The summed E-state index contributed by atoms with van der Waals surface area (Å²) in [6.45, 7) is 0. The van der Waals surface area contributed by atoms with Gasteiger partial charge in [0.15, 0.2) is 23.0 Å². The van der Waals surface area contributed by atoms with Gasteiger partial charge in [-0.3, -0.25) is 4.79 Å². The summed E-state index contributed by atoms with van der Waals surface area (Å²) in [6, 6.07) is 11.8. The lowest BCUT2D eigenvalue weighted by molar-refractivity contribution is 0.101. The topological polar surface area (TPSA) is 82.8 Å². The summed E-state index contributed by atoms with van der Waals surface area (Å²) in [6.07, 6.45) is 0. The van der Waals surface area contributed by atoms with Gasteiger partial charge in [-0.05, 0) is 24.3 Å². The average Bonchev–Trinajstić information content (AvgIpc) is 3.18. The molecule has 1 heterocycles. The quantitative estimate of drug-likeness (QED) is 0.678. The number of carbonyl (C=O) groups is 1. The second-order valence-corrected chi connectivity index (χ2v) is 5.89. The van der Waals surface area contributed by atoms with Crippen molar-refractivity contribution in [1.29, 1.82) is 0 Å². The largest absolute Gasteiger partial charge is 0.493 e. The molecule has 0 aliphatic heterocycles. The van der Waals surface area contributed by atoms with Crippen molar-refractivity contribution in [2.24, 2.45) is 0 Å². The highest BCUT2D eigenvalue weighted by atomic mass is 35.5. The molecule has 1 aromatic heterocycles. The van der Waals surface area contributed by atoms with E-state index >= 15 is 0 Å². The van der Waals surface area contributed by atoms with E-state index in [9.17, 15) is 4.79 Å². The Morgan fingerprint density at radius 2 is 1.63 bits per heavy atom. The van der Waals surface area contributed by atoms with E-state index in [-0.39, 0.29) is 5.69 Å². The van der Waals surface area contributed by atoms with Crippen LogP contribution < -0.4 is 19.5 Å². The number of nitrogens with zero attached hydrogens (tertiary/aromatic N) is 1. The number of ether oxygens (including phenoxy) is 3. The number of rotatable bonds is 6. The Morgan fingerprint density at radius 3 is 2.19 bits per heavy atom. The van der Waals surface area contributed by atoms with Crippen molar-refractivity contribution in [3.05, 3.63) is 53.2 Å². The predicted octanol–water partition coefficient (Wildman–Crippen LogP) is 4.27. The number of nitrogens with one attached hydrogen (secondary N) is 1. The molecule has 3 rings (SSSR count). The normalized spacial score (nSPS) is 10.4. The number of aromatic nitrogens is 1. The van der Waals surface area contributed by atoms with E-state index < -0.39 is 5.91 Å². The van der Waals surface area contributed by atoms with Crippen molar-refractivity contribution in [2.45, 2.75) is 0 Å². The molecule has 0 spiro atoms. The number of carbonyl (C=O) groups excluding carboxylic acids is 1. The standard InChI is InChI=1S/C19H17ClN2O5/c1-24-16-8-13(9-17(25-2)18(16)26-3)21-19(23)14-10-15(27-22-14)11-4-6-12(20)7-5-11/h4-10H,1-3H3,(H,21,23). The van der Waals surface area contributed by atoms with E-state index in [1.165, 1.54) is 21.3 Å². The minimum atomic E-state index is -0.437. The number of halogens is 1. The molecule has 27 heavy (non-hydrogen) atoms. The van der Waals surface area contributed by atoms with E-state index in [0.717, 1.165) is 5.56 Å². The number of anilines is 1. The zero-order chi connectivity index (χ0) is 19.4. The van der Waals surface area contributed by atoms with Gasteiger partial charge in [0, 0.05) is 34.5 Å². The van der Waals surface area contributed by atoms with Crippen molar-refractivity contribution < 1.29 is 23.5 Å². The van der Waals surface area contributed by atoms with Crippen LogP contribution >= 0.6 is 11.6 Å². The highest BCUT2D eigenvalue weighted by Gasteiger charge is 2.17. The lowest BCUT2D eigenvalue weighted by Crippen LogP contribution is -2.12. The molecular weight excluding hydrogens is 372 g/mol. The van der Waals surface area contributed by atoms with Gasteiger partial charge in [-0.15, -0.1) is 0 Å². The summed E-state index contributed by atoms with van der Waals surface area (Å²) in [4.78, 5) is 12.5. The number of hydrogen-bond acceptors (Lipinski definition) is 6. The number of methoxy groups -OCH3 is 3. The van der Waals surface area contributed by atoms with Crippen LogP contribution in [-0.2, 0) is 0 Å². The van der Waals surface area contributed by atoms with Crippen LogP contribution in [-0.4, -0.2) is 32.4 Å². The molecule has 0 atom stereocenters. The predicted molar refractivity (Wildman–Crippen MR) is 101 cm³/mol. The molecule has 2 aromatic carbocycles. The Balaban J connectivity index is 1.82. The summed E-state index contributed by atoms with van der Waals surface area (Å²) in [5, 5.41) is 7.17. The van der Waals surface area contributed by atoms with Gasteiger partial charge >= 0.3 is 0 Å².